The number of ether oxygens (including phenoxy) is 1. The fourth-order valence-electron chi connectivity index (χ4n) is 2.75. The van der Waals surface area contributed by atoms with Crippen molar-refractivity contribution in [2.45, 2.75) is 0 Å². The Morgan fingerprint density at radius 2 is 1.50 bits per heavy atom. The molecule has 0 unspecified atom stereocenters. The molecule has 20 heavy (non-hydrogen) atoms. The molecule has 0 bridgehead atoms. The van der Waals surface area contributed by atoms with Crippen molar-refractivity contribution in [1.29, 1.82) is 0 Å². The number of cyclic esters (lactones) is 2. The van der Waals surface area contributed by atoms with E-state index in [1.54, 1.807) is 12.1 Å². The smallest absolute Gasteiger partial charge is 0.347 e. The Kier molecular flexibility index (Phi) is 2.18. The maximum absolute atomic E-state index is 12.1. The van der Waals surface area contributed by atoms with Crippen molar-refractivity contribution in [3.63, 3.8) is 0 Å². The highest BCUT2D eigenvalue weighted by Crippen LogP contribution is 2.39. The van der Waals surface area contributed by atoms with Crippen LogP contribution in [0.1, 0.15) is 20.7 Å². The Hall–Kier alpha value is -2.39. The first-order valence-corrected chi connectivity index (χ1v) is 6.45. The summed E-state index contributed by atoms with van der Waals surface area (Å²) in [7, 11) is 0. The molecule has 3 aromatic rings. The van der Waals surface area contributed by atoms with E-state index in [9.17, 15) is 9.59 Å². The van der Waals surface area contributed by atoms with Gasteiger partial charge in [0.25, 0.3) is 0 Å². The zero-order valence-electron chi connectivity index (χ0n) is 10.1. The van der Waals surface area contributed by atoms with E-state index in [2.05, 4.69) is 0 Å². The van der Waals surface area contributed by atoms with E-state index in [1.165, 1.54) is 0 Å². The molecule has 0 amide bonds. The highest BCUT2D eigenvalue weighted by atomic mass is 35.5. The van der Waals surface area contributed by atoms with E-state index < -0.39 is 11.9 Å². The van der Waals surface area contributed by atoms with Gasteiger partial charge < -0.3 is 4.74 Å². The van der Waals surface area contributed by atoms with Gasteiger partial charge in [-0.05, 0) is 11.5 Å². The van der Waals surface area contributed by atoms with Gasteiger partial charge in [0.1, 0.15) is 0 Å². The Morgan fingerprint density at radius 3 is 2.30 bits per heavy atom. The summed E-state index contributed by atoms with van der Waals surface area (Å²) in [5.74, 6) is -1.24. The van der Waals surface area contributed by atoms with Crippen LogP contribution in [-0.4, -0.2) is 11.9 Å². The average Bonchev–Trinajstić information content (AvgIpc) is 2.46. The third-order valence-corrected chi connectivity index (χ3v) is 4.00. The van der Waals surface area contributed by atoms with Crippen molar-refractivity contribution >= 4 is 45.1 Å². The highest BCUT2D eigenvalue weighted by Gasteiger charge is 2.30. The topological polar surface area (TPSA) is 43.4 Å². The summed E-state index contributed by atoms with van der Waals surface area (Å²) < 4.78 is 4.83. The summed E-state index contributed by atoms with van der Waals surface area (Å²) in [6.07, 6.45) is 0. The van der Waals surface area contributed by atoms with Gasteiger partial charge in [0.15, 0.2) is 0 Å². The summed E-state index contributed by atoms with van der Waals surface area (Å²) in [6.45, 7) is 0. The van der Waals surface area contributed by atoms with Gasteiger partial charge in [-0.25, -0.2) is 9.59 Å². The van der Waals surface area contributed by atoms with Crippen LogP contribution in [0.2, 0.25) is 5.02 Å². The summed E-state index contributed by atoms with van der Waals surface area (Å²) in [4.78, 5) is 24.0. The zero-order valence-corrected chi connectivity index (χ0v) is 10.9. The van der Waals surface area contributed by atoms with Crippen LogP contribution in [-0.2, 0) is 4.74 Å². The van der Waals surface area contributed by atoms with Gasteiger partial charge in [-0.3, -0.25) is 0 Å². The monoisotopic (exact) mass is 282 g/mol. The molecule has 0 saturated carbocycles. The zero-order chi connectivity index (χ0) is 13.9. The van der Waals surface area contributed by atoms with E-state index in [0.29, 0.717) is 32.3 Å². The van der Waals surface area contributed by atoms with Crippen molar-refractivity contribution in [2.24, 2.45) is 0 Å². The molecule has 4 heteroatoms. The average molecular weight is 283 g/mol. The second-order valence-corrected chi connectivity index (χ2v) is 5.02. The molecule has 0 fully saturated rings. The van der Waals surface area contributed by atoms with Crippen LogP contribution in [0.25, 0.3) is 21.5 Å². The normalized spacial score (nSPS) is 13.8. The molecule has 0 aliphatic carbocycles. The molecule has 1 aliphatic rings. The minimum Gasteiger partial charge on any atom is -0.386 e. The van der Waals surface area contributed by atoms with Crippen LogP contribution in [0.3, 0.4) is 0 Å². The van der Waals surface area contributed by atoms with Crippen molar-refractivity contribution in [3.8, 4) is 0 Å². The summed E-state index contributed by atoms with van der Waals surface area (Å²) in [6, 6.07) is 12.5. The lowest BCUT2D eigenvalue weighted by Gasteiger charge is -2.18. The molecule has 0 saturated heterocycles. The quantitative estimate of drug-likeness (QED) is 0.356. The van der Waals surface area contributed by atoms with E-state index in [0.717, 1.165) is 5.39 Å². The van der Waals surface area contributed by atoms with Crippen LogP contribution in [0.15, 0.2) is 42.5 Å². The number of hydrogen-bond acceptors (Lipinski definition) is 3. The molecule has 4 rings (SSSR count). The number of halogens is 1. The molecule has 1 aliphatic heterocycles. The van der Waals surface area contributed by atoms with Crippen molar-refractivity contribution in [3.05, 3.63) is 58.6 Å². The molecule has 3 aromatic carbocycles. The van der Waals surface area contributed by atoms with Crippen molar-refractivity contribution < 1.29 is 14.3 Å². The van der Waals surface area contributed by atoms with Crippen LogP contribution < -0.4 is 0 Å². The fourth-order valence-corrected chi connectivity index (χ4v) is 3.07. The van der Waals surface area contributed by atoms with Gasteiger partial charge in [0.05, 0.1) is 16.1 Å². The maximum atomic E-state index is 12.1. The molecule has 0 spiro atoms. The molecular weight excluding hydrogens is 276 g/mol. The SMILES string of the molecule is O=C1OC(=O)c2c3ccccc3c(Cl)c3cccc1c23. The molecule has 96 valence electrons. The van der Waals surface area contributed by atoms with E-state index in [4.69, 9.17) is 16.3 Å². The van der Waals surface area contributed by atoms with E-state index in [-0.39, 0.29) is 0 Å². The standard InChI is InChI=1S/C16H7ClO3/c17-14-9-5-2-1-4-8(9)13-12-10(14)6-3-7-11(12)15(18)20-16(13)19/h1-7H. The maximum Gasteiger partial charge on any atom is 0.347 e. The lowest BCUT2D eigenvalue weighted by Crippen LogP contribution is -2.20. The predicted molar refractivity (Wildman–Crippen MR) is 76.2 cm³/mol. The van der Waals surface area contributed by atoms with Gasteiger partial charge in [0, 0.05) is 16.2 Å². The molecular formula is C16H7ClO3. The van der Waals surface area contributed by atoms with Crippen LogP contribution in [0, 0.1) is 0 Å². The van der Waals surface area contributed by atoms with Gasteiger partial charge in [-0.15, -0.1) is 0 Å². The van der Waals surface area contributed by atoms with Crippen molar-refractivity contribution in [2.75, 3.05) is 0 Å². The Balaban J connectivity index is 2.40. The van der Waals surface area contributed by atoms with Crippen LogP contribution in [0.5, 0.6) is 0 Å². The first kappa shape index (κ1) is 11.4. The van der Waals surface area contributed by atoms with Gasteiger partial charge >= 0.3 is 11.9 Å². The first-order valence-electron chi connectivity index (χ1n) is 6.08. The second kappa shape index (κ2) is 3.81. The lowest BCUT2D eigenvalue weighted by atomic mass is 9.92. The van der Waals surface area contributed by atoms with E-state index >= 15 is 0 Å². The summed E-state index contributed by atoms with van der Waals surface area (Å²) in [5, 5.41) is 3.30. The van der Waals surface area contributed by atoms with E-state index in [1.807, 2.05) is 30.3 Å². The molecule has 0 radical (unpaired) electrons. The number of fused-ring (bicyclic) bond motifs is 2. The number of esters is 2. The minimum absolute atomic E-state index is 0.379. The van der Waals surface area contributed by atoms with Crippen LogP contribution >= 0.6 is 11.6 Å². The lowest BCUT2D eigenvalue weighted by molar-refractivity contribution is 0.0393. The minimum atomic E-state index is -0.626. The third kappa shape index (κ3) is 1.30. The number of hydrogen-bond donors (Lipinski definition) is 0. The Bertz CT molecular complexity index is 928. The fraction of sp³-hybridized carbons (Fsp3) is 0. The van der Waals surface area contributed by atoms with Crippen LogP contribution in [0.4, 0.5) is 0 Å². The molecule has 0 N–H and O–H groups in total. The molecule has 0 aromatic heterocycles. The summed E-state index contributed by atoms with van der Waals surface area (Å²) >= 11 is 6.43. The largest absolute Gasteiger partial charge is 0.386 e. The third-order valence-electron chi connectivity index (χ3n) is 3.59. The molecule has 0 atom stereocenters. The number of carbonyl (C=O) groups is 2. The highest BCUT2D eigenvalue weighted by molar-refractivity contribution is 6.43. The Morgan fingerprint density at radius 1 is 0.800 bits per heavy atom. The first-order chi connectivity index (χ1) is 9.68. The van der Waals surface area contributed by atoms with Gasteiger partial charge in [-0.1, -0.05) is 48.0 Å². The number of benzene rings is 3. The predicted octanol–water partition coefficient (Wildman–Crippen LogP) is 3.96. The Labute approximate surface area is 118 Å². The van der Waals surface area contributed by atoms with Crippen molar-refractivity contribution in [1.82, 2.24) is 0 Å². The molecule has 1 heterocycles. The number of carbonyl (C=O) groups excluding carboxylic acids is 2. The second-order valence-electron chi connectivity index (χ2n) is 4.64. The summed E-state index contributed by atoms with van der Waals surface area (Å²) in [5.41, 5.74) is 0.792. The van der Waals surface area contributed by atoms with Gasteiger partial charge in [0.2, 0.25) is 0 Å². The van der Waals surface area contributed by atoms with Gasteiger partial charge in [-0.2, -0.15) is 0 Å². The number of rotatable bonds is 0. The molecule has 3 nitrogen and oxygen atoms in total.